The second-order valence-electron chi connectivity index (χ2n) is 15.1. The highest BCUT2D eigenvalue weighted by Crippen LogP contribution is 2.45. The van der Waals surface area contributed by atoms with E-state index in [1.165, 1.54) is 11.1 Å². The maximum atomic E-state index is 11.9. The van der Waals surface area contributed by atoms with E-state index in [1.807, 2.05) is 36.4 Å². The number of nitrogens with zero attached hydrogens (tertiary/aromatic N) is 4. The summed E-state index contributed by atoms with van der Waals surface area (Å²) in [5, 5.41) is 7.46. The fraction of sp³-hybridized carbons (Fsp3) is 0.400. The first kappa shape index (κ1) is 33.6. The van der Waals surface area contributed by atoms with Crippen LogP contribution in [0.4, 0.5) is 0 Å². The Kier molecular flexibility index (Phi) is 8.22. The number of nitrogens with one attached hydrogen (secondary N) is 2. The number of amides is 2. The van der Waals surface area contributed by atoms with Gasteiger partial charge in [-0.25, -0.2) is 4.98 Å². The first-order valence-corrected chi connectivity index (χ1v) is 18.7. The lowest BCUT2D eigenvalue weighted by Crippen LogP contribution is -2.69. The minimum absolute atomic E-state index is 0.0369. The fourth-order valence-corrected chi connectivity index (χ4v) is 9.78. The summed E-state index contributed by atoms with van der Waals surface area (Å²) in [6, 6.07) is 16.6. The number of aromatic nitrogens is 2. The van der Waals surface area contributed by atoms with Crippen LogP contribution in [-0.2, 0) is 29.0 Å². The molecule has 3 aromatic carbocycles. The summed E-state index contributed by atoms with van der Waals surface area (Å²) in [6.07, 6.45) is 6.60. The Morgan fingerprint density at radius 2 is 1.46 bits per heavy atom. The maximum Gasteiger partial charge on any atom is 0.237 e. The van der Waals surface area contributed by atoms with Crippen molar-refractivity contribution in [3.05, 3.63) is 81.6 Å². The van der Waals surface area contributed by atoms with Gasteiger partial charge in [-0.3, -0.25) is 24.4 Å². The summed E-state index contributed by atoms with van der Waals surface area (Å²) in [5.41, 5.74) is 7.94. The minimum atomic E-state index is -0.102. The van der Waals surface area contributed by atoms with Gasteiger partial charge in [0, 0.05) is 73.9 Å². The van der Waals surface area contributed by atoms with Crippen LogP contribution >= 0.6 is 23.2 Å². The van der Waals surface area contributed by atoms with Crippen LogP contribution < -0.4 is 20.1 Å². The fourth-order valence-electron chi connectivity index (χ4n) is 9.12. The van der Waals surface area contributed by atoms with Crippen LogP contribution in [0.2, 0.25) is 10.0 Å². The molecule has 2 N–H and O–H groups in total. The van der Waals surface area contributed by atoms with Gasteiger partial charge in [0.15, 0.2) is 0 Å². The summed E-state index contributed by atoms with van der Waals surface area (Å²) in [7, 11) is 3.32. The zero-order valence-electron chi connectivity index (χ0n) is 29.2. The van der Waals surface area contributed by atoms with Crippen LogP contribution in [0.15, 0.2) is 54.7 Å². The van der Waals surface area contributed by atoms with Crippen LogP contribution in [0.1, 0.15) is 42.5 Å². The number of likely N-dealkylation sites (tertiary alicyclic amines) is 2. The Hall–Kier alpha value is -4.22. The number of carbonyl (C=O) groups excluding carboxylic acids is 2. The van der Waals surface area contributed by atoms with Gasteiger partial charge in [-0.05, 0) is 48.4 Å². The quantitative estimate of drug-likeness (QED) is 0.237. The van der Waals surface area contributed by atoms with Crippen LogP contribution in [-0.4, -0.2) is 89.1 Å². The topological polar surface area (TPSA) is 109 Å². The van der Waals surface area contributed by atoms with Crippen molar-refractivity contribution < 1.29 is 19.1 Å². The molecule has 4 aliphatic heterocycles. The maximum absolute atomic E-state index is 11.9. The Balaban J connectivity index is 0.960. The predicted molar refractivity (Wildman–Crippen MR) is 200 cm³/mol. The molecule has 12 heteroatoms. The second-order valence-corrected chi connectivity index (χ2v) is 15.9. The van der Waals surface area contributed by atoms with E-state index in [9.17, 15) is 9.59 Å². The number of methoxy groups -OCH3 is 2. The van der Waals surface area contributed by atoms with E-state index < -0.39 is 0 Å². The smallest absolute Gasteiger partial charge is 0.237 e. The van der Waals surface area contributed by atoms with Crippen molar-refractivity contribution in [2.75, 3.05) is 40.4 Å². The molecule has 1 aromatic heterocycles. The molecule has 1 atom stereocenters. The zero-order valence-corrected chi connectivity index (χ0v) is 30.7. The van der Waals surface area contributed by atoms with E-state index in [-0.39, 0.29) is 22.9 Å². The molecule has 4 aromatic rings. The van der Waals surface area contributed by atoms with E-state index >= 15 is 0 Å². The normalized spacial score (nSPS) is 21.5. The molecule has 9 rings (SSSR count). The largest absolute Gasteiger partial charge is 0.496 e. The molecule has 0 unspecified atom stereocenters. The van der Waals surface area contributed by atoms with Gasteiger partial charge in [0.1, 0.15) is 11.4 Å². The number of benzene rings is 3. The molecule has 0 radical (unpaired) electrons. The van der Waals surface area contributed by atoms with Gasteiger partial charge in [-0.15, -0.1) is 0 Å². The van der Waals surface area contributed by atoms with Crippen molar-refractivity contribution in [3.63, 3.8) is 0 Å². The van der Waals surface area contributed by atoms with Gasteiger partial charge in [-0.2, -0.15) is 0 Å². The Morgan fingerprint density at radius 1 is 0.827 bits per heavy atom. The number of fused-ring (bicyclic) bond motifs is 1. The lowest BCUT2D eigenvalue weighted by atomic mass is 9.86. The SMILES string of the molecule is COc1cc(-c2cccc(-c3cccc(-c4cnc(CN5CC6(CCC(=O)N6)C5)c(OC)n4)c3Cl)c2Cl)cc2c1C[C@@H](N1CC3(CCC(=O)N3)C1)C2. The predicted octanol–water partition coefficient (Wildman–Crippen LogP) is 5.70. The summed E-state index contributed by atoms with van der Waals surface area (Å²) in [5.74, 6) is 1.62. The summed E-state index contributed by atoms with van der Waals surface area (Å²) < 4.78 is 11.6. The van der Waals surface area contributed by atoms with E-state index in [0.717, 1.165) is 91.1 Å². The highest BCUT2D eigenvalue weighted by molar-refractivity contribution is 6.39. The van der Waals surface area contributed by atoms with Crippen molar-refractivity contribution in [2.45, 2.75) is 62.2 Å². The average molecular weight is 740 g/mol. The summed E-state index contributed by atoms with van der Waals surface area (Å²) >= 11 is 14.4. The molecule has 2 amide bonds. The molecule has 1 aliphatic carbocycles. The molecule has 0 saturated carbocycles. The molecule has 10 nitrogen and oxygen atoms in total. The second kappa shape index (κ2) is 12.7. The molecule has 2 spiro atoms. The van der Waals surface area contributed by atoms with Gasteiger partial charge in [0.25, 0.3) is 0 Å². The van der Waals surface area contributed by atoms with Gasteiger partial charge in [0.05, 0.1) is 47.2 Å². The first-order chi connectivity index (χ1) is 25.1. The monoisotopic (exact) mass is 738 g/mol. The third-order valence-corrected chi connectivity index (χ3v) is 12.5. The number of carbonyl (C=O) groups is 2. The van der Waals surface area contributed by atoms with Gasteiger partial charge in [-0.1, -0.05) is 65.7 Å². The Morgan fingerprint density at radius 3 is 2.10 bits per heavy atom. The van der Waals surface area contributed by atoms with Crippen LogP contribution in [0.5, 0.6) is 11.6 Å². The third kappa shape index (κ3) is 5.71. The zero-order chi connectivity index (χ0) is 35.8. The molecular weight excluding hydrogens is 699 g/mol. The van der Waals surface area contributed by atoms with Crippen molar-refractivity contribution in [1.82, 2.24) is 30.4 Å². The number of ether oxygens (including phenoxy) is 2. The van der Waals surface area contributed by atoms with Crippen molar-refractivity contribution in [1.29, 1.82) is 0 Å². The third-order valence-electron chi connectivity index (χ3n) is 11.7. The number of hydrogen-bond donors (Lipinski definition) is 2. The first-order valence-electron chi connectivity index (χ1n) is 17.9. The molecule has 4 saturated heterocycles. The van der Waals surface area contributed by atoms with Crippen molar-refractivity contribution in [2.24, 2.45) is 0 Å². The molecule has 4 fully saturated rings. The number of rotatable bonds is 8. The Bertz CT molecular complexity index is 2130. The molecule has 5 heterocycles. The van der Waals surface area contributed by atoms with E-state index in [2.05, 4.69) is 32.6 Å². The lowest BCUT2D eigenvalue weighted by molar-refractivity contribution is -0.121. The van der Waals surface area contributed by atoms with Gasteiger partial charge < -0.3 is 20.1 Å². The van der Waals surface area contributed by atoms with Crippen LogP contribution in [0.25, 0.3) is 33.5 Å². The Labute approximate surface area is 312 Å². The molecule has 0 bridgehead atoms. The lowest BCUT2D eigenvalue weighted by Gasteiger charge is -2.50. The minimum Gasteiger partial charge on any atom is -0.496 e. The molecular formula is C40H40Cl2N6O4. The van der Waals surface area contributed by atoms with E-state index in [0.29, 0.717) is 47.0 Å². The summed E-state index contributed by atoms with van der Waals surface area (Å²) in [6.45, 7) is 3.97. The highest BCUT2D eigenvalue weighted by Gasteiger charge is 2.50. The average Bonchev–Trinajstić information content (AvgIpc) is 3.84. The van der Waals surface area contributed by atoms with Gasteiger partial charge in [0.2, 0.25) is 17.7 Å². The van der Waals surface area contributed by atoms with Crippen LogP contribution in [0.3, 0.4) is 0 Å². The standard InChI is InChI=1S/C40H40Cl2N6O4/c1-51-33-15-24(13-23-14-25(16-30(23)33)48-21-40(22-48)12-10-35(50)46-40)26-5-3-6-27(36(26)41)28-7-4-8-29(37(28)42)31-17-43-32(38(44-31)52-2)18-47-19-39(20-47)11-9-34(49)45-39/h3-8,13,15,17,25H,9-12,14,16,18-22H2,1-2H3,(H,45,49)(H,46,50)/t25-/m0/s1. The summed E-state index contributed by atoms with van der Waals surface area (Å²) in [4.78, 5) is 38.0. The van der Waals surface area contributed by atoms with Crippen molar-refractivity contribution >= 4 is 35.0 Å². The van der Waals surface area contributed by atoms with Gasteiger partial charge >= 0.3 is 0 Å². The number of halogens is 2. The van der Waals surface area contributed by atoms with E-state index in [4.69, 9.17) is 42.6 Å². The van der Waals surface area contributed by atoms with Crippen LogP contribution in [0, 0.1) is 0 Å². The number of hydrogen-bond acceptors (Lipinski definition) is 8. The molecule has 5 aliphatic rings. The molecule has 52 heavy (non-hydrogen) atoms. The van der Waals surface area contributed by atoms with Crippen molar-refractivity contribution in [3.8, 4) is 45.1 Å². The van der Waals surface area contributed by atoms with E-state index in [1.54, 1.807) is 20.4 Å². The molecule has 268 valence electrons. The highest BCUT2D eigenvalue weighted by atomic mass is 35.5.